The number of benzene rings is 2. The van der Waals surface area contributed by atoms with Gasteiger partial charge in [-0.05, 0) is 66.9 Å². The number of nitrogens with two attached hydrogens (primary N) is 1. The van der Waals surface area contributed by atoms with Gasteiger partial charge in [-0.3, -0.25) is 19.5 Å². The molecule has 3 unspecified atom stereocenters. The molecule has 5 rings (SSSR count). The number of nitrogens with zero attached hydrogens (tertiary/aromatic N) is 2. The van der Waals surface area contributed by atoms with Crippen LogP contribution in [0.15, 0.2) is 48.7 Å². The molecule has 2 aliphatic rings. The molecule has 2 aliphatic heterocycles. The molecule has 0 aliphatic carbocycles. The molecule has 1 fully saturated rings. The fraction of sp³-hybridized carbons (Fsp3) is 0.370. The first-order valence-corrected chi connectivity index (χ1v) is 12.1. The zero-order chi connectivity index (χ0) is 26.1. The van der Waals surface area contributed by atoms with Crippen LogP contribution >= 0.6 is 0 Å². The van der Waals surface area contributed by atoms with E-state index in [2.05, 4.69) is 9.88 Å². The number of rotatable bonds is 7. The van der Waals surface area contributed by atoms with Crippen LogP contribution in [0.3, 0.4) is 0 Å². The normalized spacial score (nSPS) is 22.4. The van der Waals surface area contributed by atoms with Crippen molar-refractivity contribution in [3.63, 3.8) is 0 Å². The number of aliphatic hydroxyl groups excluding tert-OH is 1. The van der Waals surface area contributed by atoms with Crippen molar-refractivity contribution in [3.8, 4) is 17.2 Å². The van der Waals surface area contributed by atoms with Gasteiger partial charge in [-0.15, -0.1) is 0 Å². The molecule has 37 heavy (non-hydrogen) atoms. The average molecular weight is 508 g/mol. The number of amides is 1. The van der Waals surface area contributed by atoms with Gasteiger partial charge in [0.05, 0.1) is 24.6 Å². The van der Waals surface area contributed by atoms with E-state index in [1.165, 1.54) is 0 Å². The second-order valence-electron chi connectivity index (χ2n) is 9.40. The number of carboxylic acid groups (broad SMARTS) is 1. The average Bonchev–Trinajstić information content (AvgIpc) is 2.91. The van der Waals surface area contributed by atoms with E-state index < -0.39 is 30.0 Å². The number of carboxylic acids is 1. The molecule has 0 radical (unpaired) electrons. The van der Waals surface area contributed by atoms with Gasteiger partial charge in [-0.1, -0.05) is 6.07 Å². The minimum atomic E-state index is -0.857. The van der Waals surface area contributed by atoms with Crippen LogP contribution in [0.25, 0.3) is 10.9 Å². The Kier molecular flexibility index (Phi) is 6.86. The van der Waals surface area contributed by atoms with Gasteiger partial charge in [0.2, 0.25) is 6.10 Å². The lowest BCUT2D eigenvalue weighted by molar-refractivity contribution is -0.144. The van der Waals surface area contributed by atoms with Gasteiger partial charge in [0, 0.05) is 24.2 Å². The van der Waals surface area contributed by atoms with Crippen molar-refractivity contribution in [1.29, 1.82) is 0 Å². The third kappa shape index (κ3) is 5.03. The highest BCUT2D eigenvalue weighted by atomic mass is 16.6. The molecule has 1 saturated heterocycles. The Balaban J connectivity index is 1.43. The molecule has 0 spiro atoms. The topological polar surface area (TPSA) is 144 Å². The van der Waals surface area contributed by atoms with Gasteiger partial charge in [0.25, 0.3) is 5.91 Å². The van der Waals surface area contributed by atoms with E-state index in [-0.39, 0.29) is 12.6 Å². The van der Waals surface area contributed by atoms with Gasteiger partial charge in [-0.25, -0.2) is 0 Å². The molecular formula is C27H29N3O7. The summed E-state index contributed by atoms with van der Waals surface area (Å²) in [6.07, 6.45) is 0.840. The number of hydrogen-bond acceptors (Lipinski definition) is 8. The fourth-order valence-electron chi connectivity index (χ4n) is 5.12. The lowest BCUT2D eigenvalue weighted by Crippen LogP contribution is -2.42. The zero-order valence-electron chi connectivity index (χ0n) is 20.4. The molecular weight excluding hydrogens is 478 g/mol. The van der Waals surface area contributed by atoms with Gasteiger partial charge in [0.1, 0.15) is 12.4 Å². The van der Waals surface area contributed by atoms with Gasteiger partial charge >= 0.3 is 5.97 Å². The molecule has 4 N–H and O–H groups in total. The van der Waals surface area contributed by atoms with Gasteiger partial charge in [-0.2, -0.15) is 0 Å². The third-order valence-corrected chi connectivity index (χ3v) is 7.14. The highest BCUT2D eigenvalue weighted by molar-refractivity contribution is 5.84. The first kappa shape index (κ1) is 24.8. The van der Waals surface area contributed by atoms with Gasteiger partial charge in [0.15, 0.2) is 11.5 Å². The van der Waals surface area contributed by atoms with Crippen molar-refractivity contribution in [1.82, 2.24) is 9.88 Å². The number of pyridine rings is 1. The van der Waals surface area contributed by atoms with Crippen molar-refractivity contribution in [2.45, 2.75) is 31.1 Å². The van der Waals surface area contributed by atoms with E-state index in [9.17, 15) is 19.8 Å². The number of carbonyl (C=O) groups is 2. The molecule has 1 amide bonds. The fourth-order valence-corrected chi connectivity index (χ4v) is 5.12. The minimum absolute atomic E-state index is 0.00914. The summed E-state index contributed by atoms with van der Waals surface area (Å²) in [6, 6.07) is 12.4. The number of piperidine rings is 1. The Labute approximate surface area is 213 Å². The summed E-state index contributed by atoms with van der Waals surface area (Å²) < 4.78 is 16.7. The summed E-state index contributed by atoms with van der Waals surface area (Å²) in [6.45, 7) is 0.809. The number of ether oxygens (including phenoxy) is 3. The van der Waals surface area contributed by atoms with E-state index in [0.29, 0.717) is 43.2 Å². The Morgan fingerprint density at radius 3 is 2.81 bits per heavy atom. The maximum Gasteiger partial charge on any atom is 0.306 e. The van der Waals surface area contributed by atoms with Crippen LogP contribution in [-0.2, 0) is 9.59 Å². The van der Waals surface area contributed by atoms with E-state index in [1.54, 1.807) is 25.4 Å². The third-order valence-electron chi connectivity index (χ3n) is 7.14. The molecule has 3 heterocycles. The molecule has 2 aromatic carbocycles. The number of methoxy groups -OCH3 is 1. The monoisotopic (exact) mass is 507 g/mol. The smallest absolute Gasteiger partial charge is 0.306 e. The minimum Gasteiger partial charge on any atom is -0.497 e. The lowest BCUT2D eigenvalue weighted by atomic mass is 9.86. The largest absolute Gasteiger partial charge is 0.497 e. The van der Waals surface area contributed by atoms with Crippen LogP contribution in [0.5, 0.6) is 17.2 Å². The molecule has 10 heteroatoms. The number of likely N-dealkylation sites (tertiary alicyclic amines) is 1. The Morgan fingerprint density at radius 1 is 1.22 bits per heavy atom. The maximum atomic E-state index is 11.8. The van der Waals surface area contributed by atoms with Gasteiger partial charge < -0.3 is 30.2 Å². The number of hydrogen-bond donors (Lipinski definition) is 3. The quantitative estimate of drug-likeness (QED) is 0.439. The predicted molar refractivity (Wildman–Crippen MR) is 133 cm³/mol. The molecule has 1 aromatic heterocycles. The molecule has 194 valence electrons. The second-order valence-corrected chi connectivity index (χ2v) is 9.40. The highest BCUT2D eigenvalue weighted by Gasteiger charge is 2.35. The Hall–Kier alpha value is -3.89. The standard InChI is InChI=1S/C27H29N3O7/c1-35-17-3-4-20-19(12-17)18(6-8-29-20)22(31)13-30-9-7-16(27(33)34)10-21(30)15-2-5-23-24(11-15)36-14-25(37-23)26(28)32/h2-6,8,11-12,16,21-22,25,31H,7,9-10,13-14H2,1H3,(H2,28,32)(H,33,34)/t16?,21-,22?,25?/m1/s1. The van der Waals surface area contributed by atoms with E-state index in [4.69, 9.17) is 19.9 Å². The van der Waals surface area contributed by atoms with E-state index in [1.807, 2.05) is 30.3 Å². The lowest BCUT2D eigenvalue weighted by Gasteiger charge is -2.40. The number of β-amino-alcohol motifs (C(OH)–C–C–N with tert-alkyl or cyclic N) is 1. The molecule has 4 atom stereocenters. The van der Waals surface area contributed by atoms with Crippen LogP contribution in [0.4, 0.5) is 0 Å². The van der Waals surface area contributed by atoms with Crippen LogP contribution < -0.4 is 19.9 Å². The molecule has 0 saturated carbocycles. The van der Waals surface area contributed by atoms with Crippen molar-refractivity contribution in [2.75, 3.05) is 26.8 Å². The van der Waals surface area contributed by atoms with Crippen LogP contribution in [0.1, 0.15) is 36.1 Å². The SMILES string of the molecule is COc1ccc2nccc(C(O)CN3CCC(C(=O)O)C[C@@H]3c3ccc4c(c3)OCC(C(N)=O)O4)c2c1. The number of aromatic nitrogens is 1. The second kappa shape index (κ2) is 10.2. The first-order valence-electron chi connectivity index (χ1n) is 12.1. The van der Waals surface area contributed by atoms with E-state index >= 15 is 0 Å². The number of carbonyl (C=O) groups excluding carboxylic acids is 1. The molecule has 10 nitrogen and oxygen atoms in total. The summed E-state index contributed by atoms with van der Waals surface area (Å²) in [7, 11) is 1.59. The highest BCUT2D eigenvalue weighted by Crippen LogP contribution is 2.41. The summed E-state index contributed by atoms with van der Waals surface area (Å²) in [5.41, 5.74) is 7.66. The zero-order valence-corrected chi connectivity index (χ0v) is 20.4. The Bertz CT molecular complexity index is 1330. The van der Waals surface area contributed by atoms with Crippen molar-refractivity contribution >= 4 is 22.8 Å². The summed E-state index contributed by atoms with van der Waals surface area (Å²) in [5, 5.41) is 21.8. The maximum absolute atomic E-state index is 11.8. The summed E-state index contributed by atoms with van der Waals surface area (Å²) >= 11 is 0. The number of fused-ring (bicyclic) bond motifs is 2. The molecule has 3 aromatic rings. The molecule has 0 bridgehead atoms. The summed E-state index contributed by atoms with van der Waals surface area (Å²) in [4.78, 5) is 29.8. The van der Waals surface area contributed by atoms with Crippen molar-refractivity contribution < 1.29 is 34.0 Å². The number of aliphatic hydroxyl groups is 1. The van der Waals surface area contributed by atoms with Crippen molar-refractivity contribution in [2.24, 2.45) is 11.7 Å². The number of aliphatic carboxylic acids is 1. The van der Waals surface area contributed by atoms with Crippen LogP contribution in [0.2, 0.25) is 0 Å². The van der Waals surface area contributed by atoms with Crippen LogP contribution in [-0.4, -0.2) is 64.9 Å². The summed E-state index contributed by atoms with van der Waals surface area (Å²) in [5.74, 6) is -0.388. The predicted octanol–water partition coefficient (Wildman–Crippen LogP) is 2.44. The Morgan fingerprint density at radius 2 is 2.05 bits per heavy atom. The number of primary amides is 1. The first-order chi connectivity index (χ1) is 17.8. The van der Waals surface area contributed by atoms with Crippen molar-refractivity contribution in [3.05, 3.63) is 59.8 Å². The van der Waals surface area contributed by atoms with E-state index in [0.717, 1.165) is 22.0 Å². The van der Waals surface area contributed by atoms with Crippen LogP contribution in [0, 0.1) is 5.92 Å².